The highest BCUT2D eigenvalue weighted by atomic mass is 16.3. The Labute approximate surface area is 129 Å². The number of hydrogen-bond donors (Lipinski definition) is 1. The Bertz CT molecular complexity index is 871. The minimum Gasteiger partial charge on any atom is -0.507 e. The van der Waals surface area contributed by atoms with Crippen molar-refractivity contribution in [1.29, 1.82) is 0 Å². The van der Waals surface area contributed by atoms with E-state index in [1.54, 1.807) is 24.3 Å². The number of hydrogen-bond acceptors (Lipinski definition) is 2. The van der Waals surface area contributed by atoms with Crippen LogP contribution in [0.25, 0.3) is 16.8 Å². The minimum absolute atomic E-state index is 0.0122. The van der Waals surface area contributed by atoms with Crippen molar-refractivity contribution in [2.75, 3.05) is 0 Å². The predicted octanol–water partition coefficient (Wildman–Crippen LogP) is 4.75. The third kappa shape index (κ3) is 2.77. The minimum atomic E-state index is -0.200. The van der Waals surface area contributed by atoms with Gasteiger partial charge in [0, 0.05) is 0 Å². The summed E-state index contributed by atoms with van der Waals surface area (Å²) in [6.45, 7) is 1.89. The van der Waals surface area contributed by atoms with E-state index >= 15 is 0 Å². The Hall–Kier alpha value is -2.87. The first kappa shape index (κ1) is 14.1. The third-order valence-corrected chi connectivity index (χ3v) is 3.66. The number of carbonyl (C=O) groups is 1. The van der Waals surface area contributed by atoms with Gasteiger partial charge in [-0.2, -0.15) is 0 Å². The summed E-state index contributed by atoms with van der Waals surface area (Å²) < 4.78 is 0. The lowest BCUT2D eigenvalue weighted by atomic mass is 10.0. The molecular formula is C20H16O2. The first-order chi connectivity index (χ1) is 10.6. The summed E-state index contributed by atoms with van der Waals surface area (Å²) in [5.74, 6) is -0.188. The molecule has 0 aliphatic heterocycles. The zero-order valence-electron chi connectivity index (χ0n) is 12.3. The molecule has 3 rings (SSSR count). The van der Waals surface area contributed by atoms with Crippen LogP contribution >= 0.6 is 0 Å². The van der Waals surface area contributed by atoms with Crippen molar-refractivity contribution >= 4 is 22.6 Å². The molecule has 0 aliphatic carbocycles. The third-order valence-electron chi connectivity index (χ3n) is 3.66. The molecule has 22 heavy (non-hydrogen) atoms. The number of fused-ring (bicyclic) bond motifs is 1. The maximum Gasteiger partial charge on any atom is 0.189 e. The normalized spacial score (nSPS) is 11.1. The van der Waals surface area contributed by atoms with Gasteiger partial charge in [-0.05, 0) is 41.5 Å². The molecule has 0 bridgehead atoms. The van der Waals surface area contributed by atoms with E-state index in [1.807, 2.05) is 49.4 Å². The van der Waals surface area contributed by atoms with E-state index in [4.69, 9.17) is 0 Å². The zero-order valence-corrected chi connectivity index (χ0v) is 12.3. The van der Waals surface area contributed by atoms with Gasteiger partial charge in [0.05, 0.1) is 5.56 Å². The molecule has 0 atom stereocenters. The topological polar surface area (TPSA) is 37.3 Å². The smallest absolute Gasteiger partial charge is 0.189 e. The molecule has 108 valence electrons. The van der Waals surface area contributed by atoms with Crippen LogP contribution in [0.3, 0.4) is 0 Å². The molecule has 0 fully saturated rings. The van der Waals surface area contributed by atoms with Crippen molar-refractivity contribution in [3.8, 4) is 5.75 Å². The molecule has 2 nitrogen and oxygen atoms in total. The standard InChI is InChI=1S/C20H16O2/c1-14-9-11-19(21)18(13-14)20(22)12-10-16-7-4-6-15-5-2-3-8-17(15)16/h2-13,21H,1H3/b12-10+. The maximum absolute atomic E-state index is 12.3. The van der Waals surface area contributed by atoms with E-state index in [0.717, 1.165) is 21.9 Å². The molecule has 0 aromatic heterocycles. The van der Waals surface area contributed by atoms with E-state index in [2.05, 4.69) is 0 Å². The monoisotopic (exact) mass is 288 g/mol. The van der Waals surface area contributed by atoms with E-state index in [9.17, 15) is 9.90 Å². The van der Waals surface area contributed by atoms with E-state index in [0.29, 0.717) is 5.56 Å². The van der Waals surface area contributed by atoms with Gasteiger partial charge < -0.3 is 5.11 Å². The number of phenols is 1. The van der Waals surface area contributed by atoms with Gasteiger partial charge in [0.1, 0.15) is 5.75 Å². The molecule has 0 saturated carbocycles. The fourth-order valence-corrected chi connectivity index (χ4v) is 2.50. The summed E-state index contributed by atoms with van der Waals surface area (Å²) in [7, 11) is 0. The first-order valence-electron chi connectivity index (χ1n) is 7.15. The number of aryl methyl sites for hydroxylation is 1. The SMILES string of the molecule is Cc1ccc(O)c(C(=O)/C=C/c2cccc3ccccc23)c1. The highest BCUT2D eigenvalue weighted by Crippen LogP contribution is 2.22. The van der Waals surface area contributed by atoms with Crippen LogP contribution in [0.5, 0.6) is 5.75 Å². The average Bonchev–Trinajstić information content (AvgIpc) is 2.54. The molecule has 0 heterocycles. The first-order valence-corrected chi connectivity index (χ1v) is 7.15. The highest BCUT2D eigenvalue weighted by Gasteiger charge is 2.08. The van der Waals surface area contributed by atoms with Gasteiger partial charge in [0.15, 0.2) is 5.78 Å². The molecular weight excluding hydrogens is 272 g/mol. The fourth-order valence-electron chi connectivity index (χ4n) is 2.50. The van der Waals surface area contributed by atoms with E-state index in [1.165, 1.54) is 6.08 Å². The molecule has 0 radical (unpaired) electrons. The molecule has 0 saturated heterocycles. The van der Waals surface area contributed by atoms with Gasteiger partial charge in [-0.3, -0.25) is 4.79 Å². The second-order valence-electron chi connectivity index (χ2n) is 5.29. The molecule has 0 unspecified atom stereocenters. The number of benzene rings is 3. The van der Waals surface area contributed by atoms with Gasteiger partial charge in [0.25, 0.3) is 0 Å². The Balaban J connectivity index is 1.96. The zero-order chi connectivity index (χ0) is 15.5. The van der Waals surface area contributed by atoms with Crippen LogP contribution in [0.4, 0.5) is 0 Å². The Morgan fingerprint density at radius 3 is 2.64 bits per heavy atom. The number of carbonyl (C=O) groups excluding carboxylic acids is 1. The number of allylic oxidation sites excluding steroid dienone is 1. The molecule has 3 aromatic carbocycles. The summed E-state index contributed by atoms with van der Waals surface area (Å²) >= 11 is 0. The van der Waals surface area contributed by atoms with Crippen LogP contribution in [0.15, 0.2) is 66.7 Å². The molecule has 0 aliphatic rings. The lowest BCUT2D eigenvalue weighted by Crippen LogP contribution is -1.95. The number of ketones is 1. The van der Waals surface area contributed by atoms with E-state index in [-0.39, 0.29) is 11.5 Å². The van der Waals surface area contributed by atoms with Crippen LogP contribution in [0.1, 0.15) is 21.5 Å². The van der Waals surface area contributed by atoms with E-state index < -0.39 is 0 Å². The molecule has 1 N–H and O–H groups in total. The Morgan fingerprint density at radius 2 is 1.77 bits per heavy atom. The molecule has 2 heteroatoms. The second kappa shape index (κ2) is 5.86. The van der Waals surface area contributed by atoms with Crippen LogP contribution in [-0.2, 0) is 0 Å². The van der Waals surface area contributed by atoms with Gasteiger partial charge in [-0.15, -0.1) is 0 Å². The Kier molecular flexibility index (Phi) is 3.75. The summed E-state index contributed by atoms with van der Waals surface area (Å²) in [5.41, 5.74) is 2.26. The van der Waals surface area contributed by atoms with Crippen molar-refractivity contribution in [2.24, 2.45) is 0 Å². The fraction of sp³-hybridized carbons (Fsp3) is 0.0500. The van der Waals surface area contributed by atoms with Crippen molar-refractivity contribution in [3.05, 3.63) is 83.4 Å². The molecule has 0 spiro atoms. The number of rotatable bonds is 3. The van der Waals surface area contributed by atoms with Crippen molar-refractivity contribution in [1.82, 2.24) is 0 Å². The van der Waals surface area contributed by atoms with Gasteiger partial charge >= 0.3 is 0 Å². The number of aromatic hydroxyl groups is 1. The second-order valence-corrected chi connectivity index (χ2v) is 5.29. The van der Waals surface area contributed by atoms with Crippen molar-refractivity contribution < 1.29 is 9.90 Å². The highest BCUT2D eigenvalue weighted by molar-refractivity contribution is 6.09. The summed E-state index contributed by atoms with van der Waals surface area (Å²) in [6.07, 6.45) is 3.31. The van der Waals surface area contributed by atoms with Gasteiger partial charge in [0.2, 0.25) is 0 Å². The summed E-state index contributed by atoms with van der Waals surface area (Å²) in [4.78, 5) is 12.3. The van der Waals surface area contributed by atoms with Crippen LogP contribution < -0.4 is 0 Å². The largest absolute Gasteiger partial charge is 0.507 e. The molecule has 0 amide bonds. The maximum atomic E-state index is 12.3. The Morgan fingerprint density at radius 1 is 1.00 bits per heavy atom. The van der Waals surface area contributed by atoms with Crippen LogP contribution in [0.2, 0.25) is 0 Å². The van der Waals surface area contributed by atoms with Crippen LogP contribution in [-0.4, -0.2) is 10.9 Å². The van der Waals surface area contributed by atoms with Gasteiger partial charge in [-0.25, -0.2) is 0 Å². The number of phenolic OH excluding ortho intramolecular Hbond substituents is 1. The molecule has 3 aromatic rings. The predicted molar refractivity (Wildman–Crippen MR) is 90.2 cm³/mol. The lowest BCUT2D eigenvalue weighted by molar-refractivity contribution is 0.104. The average molecular weight is 288 g/mol. The van der Waals surface area contributed by atoms with Gasteiger partial charge in [-0.1, -0.05) is 60.2 Å². The van der Waals surface area contributed by atoms with Crippen molar-refractivity contribution in [3.63, 3.8) is 0 Å². The lowest BCUT2D eigenvalue weighted by Gasteiger charge is -2.03. The van der Waals surface area contributed by atoms with Crippen LogP contribution in [0, 0.1) is 6.92 Å². The summed E-state index contributed by atoms with van der Waals surface area (Å²) in [5, 5.41) is 12.1. The van der Waals surface area contributed by atoms with Crippen molar-refractivity contribution in [2.45, 2.75) is 6.92 Å². The quantitative estimate of drug-likeness (QED) is 0.558. The summed E-state index contributed by atoms with van der Waals surface area (Å²) in [6, 6.07) is 19.1.